The number of rotatable bonds is 6. The van der Waals surface area contributed by atoms with Gasteiger partial charge in [0.05, 0.1) is 6.54 Å². The molecule has 7 heteroatoms. The van der Waals surface area contributed by atoms with Crippen molar-refractivity contribution in [1.29, 1.82) is 0 Å². The lowest BCUT2D eigenvalue weighted by Gasteiger charge is -2.05. The molecule has 1 N–H and O–H groups in total. The van der Waals surface area contributed by atoms with Gasteiger partial charge in [-0.15, -0.1) is 0 Å². The highest BCUT2D eigenvalue weighted by molar-refractivity contribution is 5.94. The van der Waals surface area contributed by atoms with Crippen molar-refractivity contribution in [1.82, 2.24) is 14.9 Å². The van der Waals surface area contributed by atoms with E-state index in [4.69, 9.17) is 0 Å². The molecule has 7 nitrogen and oxygen atoms in total. The van der Waals surface area contributed by atoms with Crippen LogP contribution in [0.15, 0.2) is 42.7 Å². The first kappa shape index (κ1) is 13.7. The molecule has 2 rings (SSSR count). The first-order chi connectivity index (χ1) is 9.68. The fraction of sp³-hybridized carbons (Fsp3) is 0.231. The van der Waals surface area contributed by atoms with Gasteiger partial charge < -0.3 is 15.4 Å². The van der Waals surface area contributed by atoms with Crippen LogP contribution in [0.3, 0.4) is 0 Å². The molecule has 0 radical (unpaired) electrons. The number of hydrogen-bond donors (Lipinski definition) is 1. The number of carbonyl (C=O) groups excluding carboxylic acids is 1. The second kappa shape index (κ2) is 6.46. The molecule has 1 aromatic carbocycles. The Kier molecular flexibility index (Phi) is 4.43. The zero-order chi connectivity index (χ0) is 14.4. The number of nitrogens with one attached hydrogen (secondary N) is 1. The van der Waals surface area contributed by atoms with Crippen LogP contribution in [0.5, 0.6) is 0 Å². The Morgan fingerprint density at radius 3 is 2.80 bits per heavy atom. The highest BCUT2D eigenvalue weighted by Gasteiger charge is 2.13. The monoisotopic (exact) mass is 274 g/mol. The number of aryl methyl sites for hydroxylation is 1. The van der Waals surface area contributed by atoms with E-state index in [9.17, 15) is 14.9 Å². The minimum atomic E-state index is -0.525. The highest BCUT2D eigenvalue weighted by atomic mass is 16.6. The lowest BCUT2D eigenvalue weighted by atomic mass is 10.2. The normalized spacial score (nSPS) is 10.2. The van der Waals surface area contributed by atoms with Crippen LogP contribution >= 0.6 is 0 Å². The number of imidazole rings is 1. The Labute approximate surface area is 115 Å². The van der Waals surface area contributed by atoms with E-state index in [2.05, 4.69) is 10.3 Å². The van der Waals surface area contributed by atoms with Gasteiger partial charge in [-0.1, -0.05) is 23.2 Å². The molecule has 1 aromatic heterocycles. The number of aromatic nitrogens is 2. The Bertz CT molecular complexity index is 595. The van der Waals surface area contributed by atoms with Gasteiger partial charge in [0.15, 0.2) is 0 Å². The van der Waals surface area contributed by atoms with Crippen LogP contribution in [0.1, 0.15) is 16.8 Å². The van der Waals surface area contributed by atoms with E-state index in [0.717, 1.165) is 0 Å². The summed E-state index contributed by atoms with van der Waals surface area (Å²) >= 11 is 0. The van der Waals surface area contributed by atoms with Crippen molar-refractivity contribution in [2.45, 2.75) is 13.0 Å². The number of carbonyl (C=O) groups is 1. The molecule has 20 heavy (non-hydrogen) atoms. The largest absolute Gasteiger partial charge is 0.434 e. The lowest BCUT2D eigenvalue weighted by Crippen LogP contribution is -2.25. The van der Waals surface area contributed by atoms with Crippen molar-refractivity contribution in [2.75, 3.05) is 6.54 Å². The fourth-order valence-corrected chi connectivity index (χ4v) is 1.79. The van der Waals surface area contributed by atoms with E-state index < -0.39 is 4.92 Å². The predicted octanol–water partition coefficient (Wildman–Crippen LogP) is 1.61. The molecule has 0 aliphatic heterocycles. The Morgan fingerprint density at radius 1 is 1.35 bits per heavy atom. The average molecular weight is 274 g/mol. The number of amides is 1. The van der Waals surface area contributed by atoms with Gasteiger partial charge in [-0.25, -0.2) is 4.57 Å². The summed E-state index contributed by atoms with van der Waals surface area (Å²) in [4.78, 5) is 25.5. The van der Waals surface area contributed by atoms with E-state index in [1.807, 2.05) is 6.07 Å². The van der Waals surface area contributed by atoms with Gasteiger partial charge >= 0.3 is 5.95 Å². The van der Waals surface area contributed by atoms with E-state index in [1.165, 1.54) is 10.8 Å². The van der Waals surface area contributed by atoms with Gasteiger partial charge in [0.25, 0.3) is 5.91 Å². The van der Waals surface area contributed by atoms with Gasteiger partial charge in [-0.3, -0.25) is 4.79 Å². The van der Waals surface area contributed by atoms with Crippen LogP contribution in [0.4, 0.5) is 5.95 Å². The molecule has 0 aliphatic rings. The molecule has 0 aliphatic carbocycles. The van der Waals surface area contributed by atoms with Crippen molar-refractivity contribution in [3.8, 4) is 0 Å². The number of nitro groups is 1. The Morgan fingerprint density at radius 2 is 2.10 bits per heavy atom. The van der Waals surface area contributed by atoms with Crippen LogP contribution in [-0.4, -0.2) is 26.9 Å². The third-order valence-electron chi connectivity index (χ3n) is 2.75. The van der Waals surface area contributed by atoms with E-state index in [1.54, 1.807) is 30.5 Å². The molecule has 0 unspecified atom stereocenters. The summed E-state index contributed by atoms with van der Waals surface area (Å²) in [6, 6.07) is 8.90. The van der Waals surface area contributed by atoms with E-state index in [0.29, 0.717) is 25.1 Å². The number of nitrogens with zero attached hydrogens (tertiary/aromatic N) is 3. The average Bonchev–Trinajstić information content (AvgIpc) is 2.93. The zero-order valence-corrected chi connectivity index (χ0v) is 10.7. The lowest BCUT2D eigenvalue weighted by molar-refractivity contribution is -0.396. The van der Waals surface area contributed by atoms with Crippen LogP contribution in [-0.2, 0) is 6.54 Å². The van der Waals surface area contributed by atoms with Crippen molar-refractivity contribution in [3.63, 3.8) is 0 Å². The minimum absolute atomic E-state index is 0.147. The van der Waals surface area contributed by atoms with Crippen molar-refractivity contribution < 1.29 is 9.72 Å². The molecular formula is C13H14N4O3. The maximum atomic E-state index is 11.7. The number of benzene rings is 1. The highest BCUT2D eigenvalue weighted by Crippen LogP contribution is 2.07. The minimum Gasteiger partial charge on any atom is -0.390 e. The molecule has 0 saturated heterocycles. The molecule has 2 aromatic rings. The second-order valence-corrected chi connectivity index (χ2v) is 4.15. The third kappa shape index (κ3) is 3.41. The third-order valence-corrected chi connectivity index (χ3v) is 2.75. The van der Waals surface area contributed by atoms with Crippen molar-refractivity contribution >= 4 is 11.9 Å². The van der Waals surface area contributed by atoms with Gasteiger partial charge in [-0.05, 0) is 23.5 Å². The van der Waals surface area contributed by atoms with Gasteiger partial charge in [-0.2, -0.15) is 0 Å². The van der Waals surface area contributed by atoms with E-state index in [-0.39, 0.29) is 11.9 Å². The molecule has 104 valence electrons. The molecule has 0 bridgehead atoms. The van der Waals surface area contributed by atoms with E-state index >= 15 is 0 Å². The summed E-state index contributed by atoms with van der Waals surface area (Å²) in [6.45, 7) is 0.883. The predicted molar refractivity (Wildman–Crippen MR) is 72.3 cm³/mol. The first-order valence-corrected chi connectivity index (χ1v) is 6.17. The second-order valence-electron chi connectivity index (χ2n) is 4.15. The van der Waals surface area contributed by atoms with Crippen LogP contribution < -0.4 is 5.32 Å². The standard InChI is InChI=1S/C13H14N4O3/c18-12(11-5-2-1-3-6-11)14-7-4-9-16-10-8-15-13(16)17(19)20/h1-3,5-6,8,10H,4,7,9H2,(H,14,18). The summed E-state index contributed by atoms with van der Waals surface area (Å²) in [5.41, 5.74) is 0.598. The molecular weight excluding hydrogens is 260 g/mol. The quantitative estimate of drug-likeness (QED) is 0.492. The van der Waals surface area contributed by atoms with Gasteiger partial charge in [0, 0.05) is 12.1 Å². The van der Waals surface area contributed by atoms with Crippen molar-refractivity contribution in [3.05, 3.63) is 58.4 Å². The summed E-state index contributed by atoms with van der Waals surface area (Å²) in [5.74, 6) is -0.329. The zero-order valence-electron chi connectivity index (χ0n) is 10.7. The first-order valence-electron chi connectivity index (χ1n) is 6.17. The van der Waals surface area contributed by atoms with Gasteiger partial charge in [0.1, 0.15) is 12.4 Å². The summed E-state index contributed by atoms with van der Waals surface area (Å²) < 4.78 is 1.45. The summed E-state index contributed by atoms with van der Waals surface area (Å²) in [6.07, 6.45) is 3.54. The molecule has 0 spiro atoms. The summed E-state index contributed by atoms with van der Waals surface area (Å²) in [7, 11) is 0. The van der Waals surface area contributed by atoms with Gasteiger partial charge in [0.2, 0.25) is 0 Å². The van der Waals surface area contributed by atoms with Crippen LogP contribution in [0, 0.1) is 10.1 Å². The topological polar surface area (TPSA) is 90.1 Å². The number of hydrogen-bond acceptors (Lipinski definition) is 4. The van der Waals surface area contributed by atoms with Crippen LogP contribution in [0.2, 0.25) is 0 Å². The molecule has 0 atom stereocenters. The Hall–Kier alpha value is -2.70. The molecule has 1 amide bonds. The maximum Gasteiger partial charge on any atom is 0.434 e. The molecule has 1 heterocycles. The van der Waals surface area contributed by atoms with Crippen molar-refractivity contribution in [2.24, 2.45) is 0 Å². The fourth-order valence-electron chi connectivity index (χ4n) is 1.79. The molecule has 0 saturated carbocycles. The summed E-state index contributed by atoms with van der Waals surface area (Å²) in [5, 5.41) is 13.4. The Balaban J connectivity index is 1.78. The smallest absolute Gasteiger partial charge is 0.390 e. The SMILES string of the molecule is O=C(NCCCn1ccnc1[N+](=O)[O-])c1ccccc1. The molecule has 0 fully saturated rings. The maximum absolute atomic E-state index is 11.7. The van der Waals surface area contributed by atoms with Crippen LogP contribution in [0.25, 0.3) is 0 Å².